The zero-order valence-corrected chi connectivity index (χ0v) is 83.8. The molecular weight excluding hydrogens is 1630 g/mol. The quantitative estimate of drug-likeness (QED) is 0.0205. The van der Waals surface area contributed by atoms with Crippen LogP contribution in [0.2, 0.25) is 0 Å². The Bertz CT molecular complexity index is 3180. The molecule has 0 amide bonds. The first-order valence-electron chi connectivity index (χ1n) is 49.4. The van der Waals surface area contributed by atoms with Gasteiger partial charge in [-0.25, -0.2) is 0 Å². The van der Waals surface area contributed by atoms with E-state index in [-0.39, 0.29) is 0 Å². The van der Waals surface area contributed by atoms with Crippen LogP contribution in [0.5, 0.6) is 0 Å². The minimum Gasteiger partial charge on any atom is -0.367 e. The first-order valence-corrected chi connectivity index (χ1v) is 57.7. The molecule has 12 nitrogen and oxygen atoms in total. The Labute approximate surface area is 786 Å². The van der Waals surface area contributed by atoms with Crippen molar-refractivity contribution in [2.24, 2.45) is 5.92 Å². The fourth-order valence-corrected chi connectivity index (χ4v) is 20.9. The molecule has 696 valence electrons. The SMILES string of the molecule is CSCCNCCN(C1CCCCC1)C1CCCCC1.CSCCNCCN(CC1CCCCC1)C1CCCCC1.CSCCNCCN(Cc1ccccc1)C1CCCCC1.CSCCNCCN(Cc1ccccc1)Cc1ccccc1.CSCCNCCN(c1ccccc1)C1CCCCC1.CSCCNCCN(c1ccccc1)c1ccccc1. The fourth-order valence-electron chi connectivity index (χ4n) is 18.8. The third-order valence-corrected chi connectivity index (χ3v) is 29.4. The molecule has 6 aliphatic rings. The third-order valence-electron chi connectivity index (χ3n) is 25.7. The molecular formula is C106H176N12S6. The Morgan fingerprint density at radius 1 is 0.242 bits per heavy atom. The monoisotopic (exact) mass is 1810 g/mol. The minimum absolute atomic E-state index is 0.744. The maximum Gasteiger partial charge on any atom is 0.0411 e. The molecule has 0 spiro atoms. The van der Waals surface area contributed by atoms with E-state index < -0.39 is 0 Å². The normalized spacial score (nSPS) is 16.4. The summed E-state index contributed by atoms with van der Waals surface area (Å²) in [6.07, 6.45) is 56.4. The van der Waals surface area contributed by atoms with Crippen LogP contribution in [0.25, 0.3) is 0 Å². The molecule has 6 N–H and O–H groups in total. The second kappa shape index (κ2) is 74.2. The largest absolute Gasteiger partial charge is 0.367 e. The van der Waals surface area contributed by atoms with E-state index in [2.05, 4.69) is 281 Å². The molecule has 0 atom stereocenters. The van der Waals surface area contributed by atoms with Crippen LogP contribution < -0.4 is 41.7 Å². The summed E-state index contributed by atoms with van der Waals surface area (Å²) >= 11 is 11.5. The van der Waals surface area contributed by atoms with E-state index in [1.165, 1.54) is 307 Å². The van der Waals surface area contributed by atoms with Crippen LogP contribution in [-0.4, -0.2) is 246 Å². The number of benzene rings is 6. The molecule has 12 rings (SSSR count). The molecule has 6 saturated carbocycles. The Morgan fingerprint density at radius 3 is 0.879 bits per heavy atom. The molecule has 0 unspecified atom stereocenters. The summed E-state index contributed by atoms with van der Waals surface area (Å²) in [5.74, 6) is 8.23. The van der Waals surface area contributed by atoms with Crippen LogP contribution in [0, 0.1) is 5.92 Å². The van der Waals surface area contributed by atoms with Crippen molar-refractivity contribution >= 4 is 87.6 Å². The molecule has 0 aromatic heterocycles. The van der Waals surface area contributed by atoms with Gasteiger partial charge in [-0.1, -0.05) is 261 Å². The van der Waals surface area contributed by atoms with Gasteiger partial charge in [0.15, 0.2) is 0 Å². The number of anilines is 3. The fraction of sp³-hybridized carbons (Fsp3) is 0.660. The zero-order chi connectivity index (χ0) is 87.1. The lowest BCUT2D eigenvalue weighted by Gasteiger charge is -2.41. The van der Waals surface area contributed by atoms with E-state index in [0.717, 1.165) is 134 Å². The molecule has 18 heteroatoms. The predicted molar refractivity (Wildman–Crippen MR) is 564 cm³/mol. The summed E-state index contributed by atoms with van der Waals surface area (Å²) in [4.78, 5) is 16.0. The Balaban J connectivity index is 0.000000204. The van der Waals surface area contributed by atoms with E-state index in [1.54, 1.807) is 0 Å². The molecule has 6 fully saturated rings. The van der Waals surface area contributed by atoms with Gasteiger partial charge in [0.2, 0.25) is 0 Å². The lowest BCUT2D eigenvalue weighted by molar-refractivity contribution is 0.0820. The van der Waals surface area contributed by atoms with E-state index in [9.17, 15) is 0 Å². The van der Waals surface area contributed by atoms with Gasteiger partial charge in [-0.15, -0.1) is 0 Å². The van der Waals surface area contributed by atoms with E-state index in [0.29, 0.717) is 0 Å². The average Bonchev–Trinajstić information content (AvgIpc) is 0.857. The molecule has 124 heavy (non-hydrogen) atoms. The molecule has 6 aliphatic carbocycles. The van der Waals surface area contributed by atoms with Crippen molar-refractivity contribution in [3.8, 4) is 0 Å². The van der Waals surface area contributed by atoms with Gasteiger partial charge in [0.1, 0.15) is 0 Å². The highest BCUT2D eigenvalue weighted by Crippen LogP contribution is 2.33. The number of thioether (sulfide) groups is 6. The summed E-state index contributed by atoms with van der Waals surface area (Å²) in [6, 6.07) is 68.7. The van der Waals surface area contributed by atoms with Gasteiger partial charge in [-0.3, -0.25) is 19.6 Å². The predicted octanol–water partition coefficient (Wildman–Crippen LogP) is 23.0. The van der Waals surface area contributed by atoms with Crippen LogP contribution in [0.1, 0.15) is 209 Å². The Hall–Kier alpha value is -3.38. The summed E-state index contributed by atoms with van der Waals surface area (Å²) in [5.41, 5.74) is 8.08. The summed E-state index contributed by atoms with van der Waals surface area (Å²) in [6.45, 7) is 24.7. The molecule has 6 aromatic rings. The first kappa shape index (κ1) is 108. The average molecular weight is 1810 g/mol. The third kappa shape index (κ3) is 49.2. The molecule has 0 aliphatic heterocycles. The number of rotatable bonds is 52. The number of hydrogen-bond donors (Lipinski definition) is 6. The molecule has 0 bridgehead atoms. The van der Waals surface area contributed by atoms with E-state index in [1.807, 2.05) is 70.6 Å². The standard InChI is InChI=1S/C19H26N2S.C18H36N2S.C18H30N2S.C17H34N2S.C17H28N2S.C17H22N2S/c1-22-15-13-20-12-14-21(16-18-8-4-2-5-9-18)17-19-10-6-3-7-11-19;2*1-21-15-13-19-12-14-20(18-10-6-3-7-11-18)16-17-8-4-2-5-9-17;3*1-20-15-13-18-12-14-19(16-8-4-2-5-9-16)17-10-6-3-7-11-17/h2-11,20H,12-17H2,1H3;17-19H,2-16H2,1H3;2,4-5,8-9,18-19H,3,6-7,10-16H2,1H3;16-18H,2-15H2,1H3;2,4-5,8-9,17-18H,3,6-7,10-15H2,1H3;2-11,18H,12-15H2,1H3. The summed E-state index contributed by atoms with van der Waals surface area (Å²) in [7, 11) is 0. The van der Waals surface area contributed by atoms with E-state index in [4.69, 9.17) is 0 Å². The topological polar surface area (TPSA) is 91.6 Å². The molecule has 0 saturated heterocycles. The van der Waals surface area contributed by atoms with Crippen LogP contribution in [0.3, 0.4) is 0 Å². The number of para-hydroxylation sites is 3. The highest BCUT2D eigenvalue weighted by atomic mass is 32.2. The van der Waals surface area contributed by atoms with Crippen LogP contribution >= 0.6 is 70.6 Å². The van der Waals surface area contributed by atoms with E-state index >= 15 is 0 Å². The number of hydrogen-bond acceptors (Lipinski definition) is 18. The summed E-state index contributed by atoms with van der Waals surface area (Å²) < 4.78 is 0. The second-order valence-corrected chi connectivity index (χ2v) is 41.1. The molecule has 6 aromatic carbocycles. The lowest BCUT2D eigenvalue weighted by atomic mass is 9.87. The van der Waals surface area contributed by atoms with Crippen molar-refractivity contribution < 1.29 is 0 Å². The smallest absolute Gasteiger partial charge is 0.0411 e. The van der Waals surface area contributed by atoms with Crippen LogP contribution in [0.4, 0.5) is 17.1 Å². The number of nitrogens with one attached hydrogen (secondary N) is 6. The van der Waals surface area contributed by atoms with Gasteiger partial charge in [-0.2, -0.15) is 70.6 Å². The highest BCUT2D eigenvalue weighted by Gasteiger charge is 2.30. The highest BCUT2D eigenvalue weighted by molar-refractivity contribution is 7.99. The van der Waals surface area contributed by atoms with Crippen molar-refractivity contribution in [1.82, 2.24) is 51.5 Å². The summed E-state index contributed by atoms with van der Waals surface area (Å²) in [5, 5.41) is 21.4. The Morgan fingerprint density at radius 2 is 0.516 bits per heavy atom. The van der Waals surface area contributed by atoms with Crippen molar-refractivity contribution in [1.29, 1.82) is 0 Å². The number of nitrogens with zero attached hydrogens (tertiary/aromatic N) is 6. The van der Waals surface area contributed by atoms with Crippen LogP contribution in [-0.2, 0) is 19.6 Å². The van der Waals surface area contributed by atoms with Crippen molar-refractivity contribution in [2.75, 3.05) is 206 Å². The maximum atomic E-state index is 3.63. The Kier molecular flexibility index (Phi) is 64.4. The van der Waals surface area contributed by atoms with Crippen molar-refractivity contribution in [3.63, 3.8) is 0 Å². The van der Waals surface area contributed by atoms with Crippen molar-refractivity contribution in [3.05, 3.63) is 199 Å². The lowest BCUT2D eigenvalue weighted by Crippen LogP contribution is -2.48. The first-order chi connectivity index (χ1) is 61.4. The van der Waals surface area contributed by atoms with Gasteiger partial charge in [0.25, 0.3) is 0 Å². The zero-order valence-electron chi connectivity index (χ0n) is 78.9. The van der Waals surface area contributed by atoms with Gasteiger partial charge in [0.05, 0.1) is 0 Å². The second-order valence-electron chi connectivity index (χ2n) is 35.1. The van der Waals surface area contributed by atoms with Crippen molar-refractivity contribution in [2.45, 2.75) is 242 Å². The van der Waals surface area contributed by atoms with Gasteiger partial charge in [-0.05, 0) is 174 Å². The molecule has 0 heterocycles. The molecule has 0 radical (unpaired) electrons. The van der Waals surface area contributed by atoms with Crippen LogP contribution in [0.15, 0.2) is 182 Å². The van der Waals surface area contributed by atoms with Gasteiger partial charge < -0.3 is 41.7 Å². The van der Waals surface area contributed by atoms with Gasteiger partial charge >= 0.3 is 0 Å². The van der Waals surface area contributed by atoms with Gasteiger partial charge in [0, 0.05) is 226 Å². The minimum atomic E-state index is 0.744. The maximum absolute atomic E-state index is 3.63.